The van der Waals surface area contributed by atoms with E-state index in [0.29, 0.717) is 29.7 Å². The Morgan fingerprint density at radius 1 is 0.976 bits per heavy atom. The molecule has 42 heavy (non-hydrogen) atoms. The summed E-state index contributed by atoms with van der Waals surface area (Å²) in [6.45, 7) is 5.71. The number of methoxy groups -OCH3 is 1. The van der Waals surface area contributed by atoms with E-state index in [4.69, 9.17) is 21.1 Å². The standard InChI is InChI=1S/C31H38ClN3O6S/c1-5-7-20-33-31(37)23(3)34(21-24-12-16-26(40-4)17-13-24)30(36)22-35(28-10-8-9-11-29(28)41-6-2)42(38,39)27-18-14-25(32)15-19-27/h8-19,23H,5-7,20-22H2,1-4H3,(H,33,37). The summed E-state index contributed by atoms with van der Waals surface area (Å²) >= 11 is 6.02. The van der Waals surface area contributed by atoms with Crippen molar-refractivity contribution in [1.29, 1.82) is 0 Å². The van der Waals surface area contributed by atoms with Crippen LogP contribution in [-0.2, 0) is 26.2 Å². The van der Waals surface area contributed by atoms with Gasteiger partial charge in [-0.3, -0.25) is 13.9 Å². The maximum absolute atomic E-state index is 14.1. The van der Waals surface area contributed by atoms with Crippen LogP contribution >= 0.6 is 11.6 Å². The molecule has 2 amide bonds. The summed E-state index contributed by atoms with van der Waals surface area (Å²) in [4.78, 5) is 28.5. The Labute approximate surface area is 253 Å². The van der Waals surface area contributed by atoms with Crippen molar-refractivity contribution in [3.63, 3.8) is 0 Å². The van der Waals surface area contributed by atoms with E-state index in [1.165, 1.54) is 29.2 Å². The number of anilines is 1. The highest BCUT2D eigenvalue weighted by Crippen LogP contribution is 2.33. The van der Waals surface area contributed by atoms with Crippen LogP contribution in [0.3, 0.4) is 0 Å². The first kappa shape index (κ1) is 32.8. The zero-order chi connectivity index (χ0) is 30.7. The fraction of sp³-hybridized carbons (Fsp3) is 0.355. The molecule has 0 saturated carbocycles. The predicted octanol–water partition coefficient (Wildman–Crippen LogP) is 5.28. The van der Waals surface area contributed by atoms with Gasteiger partial charge in [0.05, 0.1) is 24.3 Å². The molecule has 3 rings (SSSR count). The van der Waals surface area contributed by atoms with Crippen LogP contribution in [0.4, 0.5) is 5.69 Å². The lowest BCUT2D eigenvalue weighted by Gasteiger charge is -2.32. The van der Waals surface area contributed by atoms with Crippen LogP contribution in [0.1, 0.15) is 39.2 Å². The Bertz CT molecular complexity index is 1430. The topological polar surface area (TPSA) is 105 Å². The zero-order valence-corrected chi connectivity index (χ0v) is 26.0. The number of hydrogen-bond donors (Lipinski definition) is 1. The van der Waals surface area contributed by atoms with Crippen LogP contribution < -0.4 is 19.1 Å². The van der Waals surface area contributed by atoms with Crippen molar-refractivity contribution in [1.82, 2.24) is 10.2 Å². The number of benzene rings is 3. The number of rotatable bonds is 15. The number of nitrogens with zero attached hydrogens (tertiary/aromatic N) is 2. The third kappa shape index (κ3) is 8.39. The molecular formula is C31H38ClN3O6S. The Kier molecular flexibility index (Phi) is 12.1. The van der Waals surface area contributed by atoms with Crippen molar-refractivity contribution in [3.8, 4) is 11.5 Å². The Hall–Kier alpha value is -3.76. The number of carbonyl (C=O) groups excluding carboxylic acids is 2. The lowest BCUT2D eigenvalue weighted by molar-refractivity contribution is -0.139. The minimum atomic E-state index is -4.26. The van der Waals surface area contributed by atoms with Crippen molar-refractivity contribution >= 4 is 39.1 Å². The second kappa shape index (κ2) is 15.5. The van der Waals surface area contributed by atoms with Gasteiger partial charge >= 0.3 is 0 Å². The monoisotopic (exact) mass is 615 g/mol. The lowest BCUT2D eigenvalue weighted by atomic mass is 10.1. The van der Waals surface area contributed by atoms with Crippen LogP contribution in [0.5, 0.6) is 11.5 Å². The molecule has 0 heterocycles. The number of unbranched alkanes of at least 4 members (excludes halogenated alkanes) is 1. The molecule has 9 nitrogen and oxygen atoms in total. The van der Waals surface area contributed by atoms with E-state index in [1.807, 2.05) is 6.92 Å². The quantitative estimate of drug-likeness (QED) is 0.233. The molecule has 0 aliphatic heterocycles. The summed E-state index contributed by atoms with van der Waals surface area (Å²) < 4.78 is 40.1. The van der Waals surface area contributed by atoms with E-state index in [-0.39, 0.29) is 23.0 Å². The average Bonchev–Trinajstić information content (AvgIpc) is 2.99. The Morgan fingerprint density at radius 2 is 1.64 bits per heavy atom. The number of hydrogen-bond acceptors (Lipinski definition) is 6. The first-order valence-electron chi connectivity index (χ1n) is 13.8. The molecule has 0 fully saturated rings. The van der Waals surface area contributed by atoms with E-state index in [1.54, 1.807) is 69.5 Å². The summed E-state index contributed by atoms with van der Waals surface area (Å²) in [7, 11) is -2.70. The smallest absolute Gasteiger partial charge is 0.264 e. The van der Waals surface area contributed by atoms with Crippen LogP contribution in [0.2, 0.25) is 5.02 Å². The summed E-state index contributed by atoms with van der Waals surface area (Å²) in [6.07, 6.45) is 1.70. The number of carbonyl (C=O) groups is 2. The Balaban J connectivity index is 2.04. The van der Waals surface area contributed by atoms with Crippen molar-refractivity contribution in [3.05, 3.63) is 83.4 Å². The first-order valence-corrected chi connectivity index (χ1v) is 15.6. The van der Waals surface area contributed by atoms with Gasteiger partial charge in [0.15, 0.2) is 0 Å². The van der Waals surface area contributed by atoms with Gasteiger partial charge in [-0.2, -0.15) is 0 Å². The van der Waals surface area contributed by atoms with E-state index < -0.39 is 28.5 Å². The predicted molar refractivity (Wildman–Crippen MR) is 165 cm³/mol. The van der Waals surface area contributed by atoms with Gasteiger partial charge in [-0.15, -0.1) is 0 Å². The maximum Gasteiger partial charge on any atom is 0.264 e. The van der Waals surface area contributed by atoms with Crippen LogP contribution in [0, 0.1) is 0 Å². The van der Waals surface area contributed by atoms with Gasteiger partial charge in [0.2, 0.25) is 11.8 Å². The highest BCUT2D eigenvalue weighted by molar-refractivity contribution is 7.92. The highest BCUT2D eigenvalue weighted by Gasteiger charge is 2.33. The minimum absolute atomic E-state index is 0.0435. The molecule has 11 heteroatoms. The molecule has 0 spiro atoms. The van der Waals surface area contributed by atoms with Crippen LogP contribution in [0.25, 0.3) is 0 Å². The van der Waals surface area contributed by atoms with Crippen molar-refractivity contribution in [2.24, 2.45) is 0 Å². The molecule has 3 aromatic rings. The summed E-state index contributed by atoms with van der Waals surface area (Å²) in [5.74, 6) is 0.0621. The molecule has 1 N–H and O–H groups in total. The van der Waals surface area contributed by atoms with Crippen molar-refractivity contribution in [2.75, 3.05) is 31.1 Å². The van der Waals surface area contributed by atoms with Crippen LogP contribution in [0.15, 0.2) is 77.7 Å². The van der Waals surface area contributed by atoms with E-state index in [0.717, 1.165) is 22.7 Å². The number of nitrogens with one attached hydrogen (secondary N) is 1. The molecule has 0 aliphatic carbocycles. The third-order valence-electron chi connectivity index (χ3n) is 6.62. The molecule has 0 radical (unpaired) electrons. The lowest BCUT2D eigenvalue weighted by Crippen LogP contribution is -2.51. The summed E-state index contributed by atoms with van der Waals surface area (Å²) in [5, 5.41) is 3.25. The molecule has 1 unspecified atom stereocenters. The molecule has 3 aromatic carbocycles. The third-order valence-corrected chi connectivity index (χ3v) is 8.65. The highest BCUT2D eigenvalue weighted by atomic mass is 35.5. The van der Waals surface area contributed by atoms with E-state index in [2.05, 4.69) is 5.32 Å². The van der Waals surface area contributed by atoms with E-state index in [9.17, 15) is 18.0 Å². The van der Waals surface area contributed by atoms with Gasteiger partial charge in [-0.1, -0.05) is 49.2 Å². The first-order chi connectivity index (χ1) is 20.1. The number of amides is 2. The molecule has 226 valence electrons. The second-order valence-electron chi connectivity index (χ2n) is 9.56. The van der Waals surface area contributed by atoms with Crippen molar-refractivity contribution < 1.29 is 27.5 Å². The molecule has 0 aliphatic rings. The summed E-state index contributed by atoms with van der Waals surface area (Å²) in [5.41, 5.74) is 0.950. The van der Waals surface area contributed by atoms with Gasteiger partial charge in [-0.05, 0) is 74.4 Å². The molecule has 0 bridgehead atoms. The van der Waals surface area contributed by atoms with Gasteiger partial charge in [0.1, 0.15) is 24.1 Å². The van der Waals surface area contributed by atoms with Gasteiger partial charge in [0.25, 0.3) is 10.0 Å². The molecular weight excluding hydrogens is 578 g/mol. The van der Waals surface area contributed by atoms with Crippen molar-refractivity contribution in [2.45, 2.75) is 51.1 Å². The molecule has 1 atom stereocenters. The molecule has 0 saturated heterocycles. The van der Waals surface area contributed by atoms with Crippen LogP contribution in [-0.4, -0.2) is 58.0 Å². The number of ether oxygens (including phenoxy) is 2. The molecule has 0 aromatic heterocycles. The summed E-state index contributed by atoms with van der Waals surface area (Å²) in [6, 6.07) is 18.6. The largest absolute Gasteiger partial charge is 0.497 e. The zero-order valence-electron chi connectivity index (χ0n) is 24.4. The fourth-order valence-electron chi connectivity index (χ4n) is 4.23. The number of para-hydroxylation sites is 2. The average molecular weight is 616 g/mol. The van der Waals surface area contributed by atoms with E-state index >= 15 is 0 Å². The van der Waals surface area contributed by atoms with Gasteiger partial charge in [0, 0.05) is 18.1 Å². The number of sulfonamides is 1. The number of halogens is 1. The maximum atomic E-state index is 14.1. The van der Waals surface area contributed by atoms with Gasteiger partial charge in [-0.25, -0.2) is 8.42 Å². The normalized spacial score (nSPS) is 11.8. The fourth-order valence-corrected chi connectivity index (χ4v) is 5.78. The minimum Gasteiger partial charge on any atom is -0.497 e. The second-order valence-corrected chi connectivity index (χ2v) is 11.9. The SMILES string of the molecule is CCCCNC(=O)C(C)N(Cc1ccc(OC)cc1)C(=O)CN(c1ccccc1OCC)S(=O)(=O)c1ccc(Cl)cc1. The Morgan fingerprint density at radius 3 is 2.26 bits per heavy atom. The van der Waals surface area contributed by atoms with Gasteiger partial charge < -0.3 is 19.7 Å².